The number of nitrogens with one attached hydrogen (secondary N) is 2. The van der Waals surface area contributed by atoms with Gasteiger partial charge in [0.25, 0.3) is 0 Å². The molecule has 0 aliphatic carbocycles. The van der Waals surface area contributed by atoms with Crippen molar-refractivity contribution in [2.45, 2.75) is 31.0 Å². The number of hydrogen-bond acceptors (Lipinski definition) is 3. The standard InChI is InChI=1S/C22H23N3O2/c26-21(27-15-16-6-2-1-3-7-16)25-13-10-20-22(25,11-12-23-20)18-14-24-19-9-5-4-8-17(18)19/h1-9,14,20,23-24H,10-13,15H2/t20-,22-/m1/s1. The molecule has 0 saturated carbocycles. The number of fused-ring (bicyclic) bond motifs is 2. The molecule has 138 valence electrons. The molecule has 27 heavy (non-hydrogen) atoms. The molecule has 1 aromatic heterocycles. The van der Waals surface area contributed by atoms with Crippen LogP contribution in [0.25, 0.3) is 10.9 Å². The predicted molar refractivity (Wildman–Crippen MR) is 104 cm³/mol. The zero-order valence-corrected chi connectivity index (χ0v) is 15.2. The van der Waals surface area contributed by atoms with Crippen LogP contribution in [0.5, 0.6) is 0 Å². The van der Waals surface area contributed by atoms with E-state index in [4.69, 9.17) is 4.74 Å². The van der Waals surface area contributed by atoms with Crippen molar-refractivity contribution in [3.8, 4) is 0 Å². The second kappa shape index (κ2) is 6.43. The van der Waals surface area contributed by atoms with E-state index in [9.17, 15) is 4.79 Å². The molecule has 2 aliphatic heterocycles. The summed E-state index contributed by atoms with van der Waals surface area (Å²) >= 11 is 0. The van der Waals surface area contributed by atoms with E-state index in [0.29, 0.717) is 13.2 Å². The highest BCUT2D eigenvalue weighted by molar-refractivity contribution is 5.85. The van der Waals surface area contributed by atoms with Crippen molar-refractivity contribution in [3.63, 3.8) is 0 Å². The summed E-state index contributed by atoms with van der Waals surface area (Å²) in [6.07, 6.45) is 3.70. The topological polar surface area (TPSA) is 57.4 Å². The van der Waals surface area contributed by atoms with Gasteiger partial charge in [-0.2, -0.15) is 0 Å². The number of amides is 1. The van der Waals surface area contributed by atoms with Crippen LogP contribution in [0.1, 0.15) is 24.0 Å². The van der Waals surface area contributed by atoms with Crippen LogP contribution in [0.4, 0.5) is 4.79 Å². The van der Waals surface area contributed by atoms with Gasteiger partial charge in [-0.15, -0.1) is 0 Å². The number of H-pyrrole nitrogens is 1. The molecule has 3 heterocycles. The number of carbonyl (C=O) groups is 1. The number of aromatic amines is 1. The minimum Gasteiger partial charge on any atom is -0.445 e. The molecule has 3 aromatic rings. The lowest BCUT2D eigenvalue weighted by molar-refractivity contribution is 0.0638. The monoisotopic (exact) mass is 361 g/mol. The van der Waals surface area contributed by atoms with Gasteiger partial charge in [0.15, 0.2) is 0 Å². The third-order valence-electron chi connectivity index (χ3n) is 6.08. The van der Waals surface area contributed by atoms with Gasteiger partial charge in [-0.25, -0.2) is 4.79 Å². The van der Waals surface area contributed by atoms with E-state index in [1.807, 2.05) is 41.3 Å². The van der Waals surface area contributed by atoms with Gasteiger partial charge < -0.3 is 15.0 Å². The van der Waals surface area contributed by atoms with Crippen molar-refractivity contribution in [1.82, 2.24) is 15.2 Å². The van der Waals surface area contributed by atoms with Gasteiger partial charge >= 0.3 is 6.09 Å². The number of rotatable bonds is 3. The molecule has 1 amide bonds. The van der Waals surface area contributed by atoms with E-state index in [1.165, 1.54) is 10.9 Å². The summed E-state index contributed by atoms with van der Waals surface area (Å²) in [5, 5.41) is 4.80. The molecule has 0 radical (unpaired) electrons. The number of nitrogens with zero attached hydrogens (tertiary/aromatic N) is 1. The zero-order valence-electron chi connectivity index (χ0n) is 15.2. The number of carbonyl (C=O) groups excluding carboxylic acids is 1. The van der Waals surface area contributed by atoms with Crippen molar-refractivity contribution in [3.05, 3.63) is 71.9 Å². The van der Waals surface area contributed by atoms with Gasteiger partial charge in [0.2, 0.25) is 0 Å². The fourth-order valence-corrected chi connectivity index (χ4v) is 4.85. The quantitative estimate of drug-likeness (QED) is 0.747. The molecule has 2 fully saturated rings. The Hall–Kier alpha value is -2.79. The van der Waals surface area contributed by atoms with Crippen molar-refractivity contribution in [1.29, 1.82) is 0 Å². The lowest BCUT2D eigenvalue weighted by Crippen LogP contribution is -2.49. The van der Waals surface area contributed by atoms with Crippen molar-refractivity contribution < 1.29 is 9.53 Å². The van der Waals surface area contributed by atoms with Gasteiger partial charge in [-0.1, -0.05) is 48.5 Å². The molecule has 2 saturated heterocycles. The fraction of sp³-hybridized carbons (Fsp3) is 0.318. The van der Waals surface area contributed by atoms with Crippen molar-refractivity contribution in [2.24, 2.45) is 0 Å². The molecule has 2 N–H and O–H groups in total. The van der Waals surface area contributed by atoms with Crippen LogP contribution >= 0.6 is 0 Å². The van der Waals surface area contributed by atoms with E-state index in [-0.39, 0.29) is 17.7 Å². The average Bonchev–Trinajstić information content (AvgIpc) is 3.39. The molecule has 0 bridgehead atoms. The van der Waals surface area contributed by atoms with E-state index in [0.717, 1.165) is 30.5 Å². The number of ether oxygens (including phenoxy) is 1. The molecule has 0 unspecified atom stereocenters. The SMILES string of the molecule is O=C(OCc1ccccc1)N1CC[C@H]2NCC[C@@]21c1c[nH]c2ccccc12. The first-order chi connectivity index (χ1) is 13.3. The highest BCUT2D eigenvalue weighted by atomic mass is 16.6. The third-order valence-corrected chi connectivity index (χ3v) is 6.08. The van der Waals surface area contributed by atoms with Crippen LogP contribution in [0.2, 0.25) is 0 Å². The number of hydrogen-bond donors (Lipinski definition) is 2. The summed E-state index contributed by atoms with van der Waals surface area (Å²) in [6.45, 7) is 1.93. The Balaban J connectivity index is 1.48. The van der Waals surface area contributed by atoms with Crippen LogP contribution in [-0.4, -0.2) is 35.1 Å². The first-order valence-corrected chi connectivity index (χ1v) is 9.57. The summed E-state index contributed by atoms with van der Waals surface area (Å²) in [5.41, 5.74) is 2.97. The second-order valence-electron chi connectivity index (χ2n) is 7.41. The molecular formula is C22H23N3O2. The van der Waals surface area contributed by atoms with E-state index in [2.05, 4.69) is 34.7 Å². The number of aromatic nitrogens is 1. The Kier molecular flexibility index (Phi) is 3.90. The van der Waals surface area contributed by atoms with Crippen LogP contribution < -0.4 is 5.32 Å². The highest BCUT2D eigenvalue weighted by Gasteiger charge is 2.56. The van der Waals surface area contributed by atoms with Crippen LogP contribution in [0, 0.1) is 0 Å². The van der Waals surface area contributed by atoms with Crippen molar-refractivity contribution in [2.75, 3.05) is 13.1 Å². The largest absolute Gasteiger partial charge is 0.445 e. The average molecular weight is 361 g/mol. The van der Waals surface area contributed by atoms with Gasteiger partial charge in [0, 0.05) is 35.2 Å². The first kappa shape index (κ1) is 16.4. The summed E-state index contributed by atoms with van der Waals surface area (Å²) in [6, 6.07) is 18.4. The summed E-state index contributed by atoms with van der Waals surface area (Å²) in [7, 11) is 0. The molecule has 0 spiro atoms. The van der Waals surface area contributed by atoms with E-state index < -0.39 is 0 Å². The van der Waals surface area contributed by atoms with Gasteiger partial charge in [-0.3, -0.25) is 4.90 Å². The number of likely N-dealkylation sites (tertiary alicyclic amines) is 1. The smallest absolute Gasteiger partial charge is 0.410 e. The second-order valence-corrected chi connectivity index (χ2v) is 7.41. The lowest BCUT2D eigenvalue weighted by atomic mass is 9.83. The summed E-state index contributed by atoms with van der Waals surface area (Å²) in [5.74, 6) is 0. The Morgan fingerprint density at radius 2 is 1.96 bits per heavy atom. The maximum atomic E-state index is 13.1. The highest BCUT2D eigenvalue weighted by Crippen LogP contribution is 2.47. The number of para-hydroxylation sites is 1. The molecule has 2 aromatic carbocycles. The Morgan fingerprint density at radius 1 is 1.15 bits per heavy atom. The maximum Gasteiger partial charge on any atom is 0.410 e. The minimum absolute atomic E-state index is 0.227. The molecule has 2 atom stereocenters. The van der Waals surface area contributed by atoms with Crippen LogP contribution in [0.3, 0.4) is 0 Å². The summed E-state index contributed by atoms with van der Waals surface area (Å²) in [4.78, 5) is 18.4. The minimum atomic E-state index is -0.340. The third kappa shape index (κ3) is 2.53. The Labute approximate surface area is 158 Å². The van der Waals surface area contributed by atoms with Gasteiger partial charge in [-0.05, 0) is 31.0 Å². The van der Waals surface area contributed by atoms with Gasteiger partial charge in [0.1, 0.15) is 6.61 Å². The fourth-order valence-electron chi connectivity index (χ4n) is 4.85. The van der Waals surface area contributed by atoms with E-state index >= 15 is 0 Å². The molecule has 5 heteroatoms. The predicted octanol–water partition coefficient (Wildman–Crippen LogP) is 3.77. The maximum absolute atomic E-state index is 13.1. The van der Waals surface area contributed by atoms with Gasteiger partial charge in [0.05, 0.1) is 5.54 Å². The normalized spacial score (nSPS) is 24.3. The van der Waals surface area contributed by atoms with Crippen LogP contribution in [-0.2, 0) is 16.9 Å². The van der Waals surface area contributed by atoms with E-state index in [1.54, 1.807) is 0 Å². The number of benzene rings is 2. The Morgan fingerprint density at radius 3 is 2.85 bits per heavy atom. The molecule has 5 rings (SSSR count). The summed E-state index contributed by atoms with van der Waals surface area (Å²) < 4.78 is 5.70. The molecule has 2 aliphatic rings. The molecule has 5 nitrogen and oxygen atoms in total. The van der Waals surface area contributed by atoms with Crippen molar-refractivity contribution >= 4 is 17.0 Å². The lowest BCUT2D eigenvalue weighted by Gasteiger charge is -2.37. The first-order valence-electron chi connectivity index (χ1n) is 9.57. The Bertz CT molecular complexity index is 968. The van der Waals surface area contributed by atoms with Crippen LogP contribution in [0.15, 0.2) is 60.8 Å². The molecular weight excluding hydrogens is 338 g/mol. The zero-order chi connectivity index (χ0) is 18.3.